The zero-order chi connectivity index (χ0) is 15.2. The van der Waals surface area contributed by atoms with Crippen LogP contribution >= 0.6 is 15.9 Å². The van der Waals surface area contributed by atoms with Crippen LogP contribution in [-0.2, 0) is 4.79 Å². The summed E-state index contributed by atoms with van der Waals surface area (Å²) in [5.74, 6) is 0.105. The standard InChI is InChI=1S/C16H14BrNO3/c1-11-3-2-4-14(7-11)18-16(20)10-21-15-6-5-13(17)8-12(15)9-19/h2-9H,10H2,1H3,(H,18,20). The average molecular weight is 348 g/mol. The third kappa shape index (κ3) is 4.43. The van der Waals surface area contributed by atoms with Crippen molar-refractivity contribution in [2.45, 2.75) is 6.92 Å². The van der Waals surface area contributed by atoms with Crippen LogP contribution in [0.25, 0.3) is 0 Å². The molecule has 0 unspecified atom stereocenters. The smallest absolute Gasteiger partial charge is 0.262 e. The second-order valence-electron chi connectivity index (χ2n) is 4.51. The number of ether oxygens (including phenoxy) is 1. The molecule has 1 amide bonds. The maximum absolute atomic E-state index is 11.8. The van der Waals surface area contributed by atoms with Crippen LogP contribution in [0, 0.1) is 6.92 Å². The monoisotopic (exact) mass is 347 g/mol. The van der Waals surface area contributed by atoms with Gasteiger partial charge in [-0.3, -0.25) is 9.59 Å². The number of carbonyl (C=O) groups excluding carboxylic acids is 2. The molecule has 0 radical (unpaired) electrons. The number of carbonyl (C=O) groups is 2. The quantitative estimate of drug-likeness (QED) is 0.841. The van der Waals surface area contributed by atoms with Crippen LogP contribution in [0.5, 0.6) is 5.75 Å². The van der Waals surface area contributed by atoms with Crippen molar-refractivity contribution in [2.24, 2.45) is 0 Å². The maximum atomic E-state index is 11.8. The van der Waals surface area contributed by atoms with Gasteiger partial charge in [-0.15, -0.1) is 0 Å². The van der Waals surface area contributed by atoms with Gasteiger partial charge in [0.15, 0.2) is 12.9 Å². The fraction of sp³-hybridized carbons (Fsp3) is 0.125. The minimum Gasteiger partial charge on any atom is -0.483 e. The Labute approximate surface area is 131 Å². The minimum atomic E-state index is -0.277. The largest absolute Gasteiger partial charge is 0.483 e. The fourth-order valence-corrected chi connectivity index (χ4v) is 2.18. The van der Waals surface area contributed by atoms with Gasteiger partial charge in [0.25, 0.3) is 5.91 Å². The third-order valence-corrected chi connectivity index (χ3v) is 3.25. The molecule has 0 saturated heterocycles. The molecule has 0 spiro atoms. The topological polar surface area (TPSA) is 55.4 Å². The number of aldehydes is 1. The second kappa shape index (κ2) is 7.04. The molecular weight excluding hydrogens is 334 g/mol. The van der Waals surface area contributed by atoms with E-state index in [1.165, 1.54) is 0 Å². The highest BCUT2D eigenvalue weighted by atomic mass is 79.9. The van der Waals surface area contributed by atoms with Gasteiger partial charge in [-0.2, -0.15) is 0 Å². The van der Waals surface area contributed by atoms with Crippen molar-refractivity contribution < 1.29 is 14.3 Å². The van der Waals surface area contributed by atoms with Gasteiger partial charge in [0.1, 0.15) is 5.75 Å². The molecule has 1 N–H and O–H groups in total. The van der Waals surface area contributed by atoms with Crippen LogP contribution in [0.3, 0.4) is 0 Å². The van der Waals surface area contributed by atoms with E-state index < -0.39 is 0 Å². The van der Waals surface area contributed by atoms with E-state index in [0.29, 0.717) is 17.6 Å². The van der Waals surface area contributed by atoms with Gasteiger partial charge in [-0.05, 0) is 42.8 Å². The highest BCUT2D eigenvalue weighted by molar-refractivity contribution is 9.10. The van der Waals surface area contributed by atoms with Crippen LogP contribution < -0.4 is 10.1 Å². The lowest BCUT2D eigenvalue weighted by Gasteiger charge is -2.09. The molecular formula is C16H14BrNO3. The number of rotatable bonds is 5. The van der Waals surface area contributed by atoms with E-state index in [9.17, 15) is 9.59 Å². The number of benzene rings is 2. The zero-order valence-electron chi connectivity index (χ0n) is 11.4. The molecule has 108 valence electrons. The van der Waals surface area contributed by atoms with Gasteiger partial charge in [-0.1, -0.05) is 28.1 Å². The van der Waals surface area contributed by atoms with E-state index in [2.05, 4.69) is 21.2 Å². The highest BCUT2D eigenvalue weighted by Crippen LogP contribution is 2.21. The predicted octanol–water partition coefficient (Wildman–Crippen LogP) is 3.59. The number of hydrogen-bond donors (Lipinski definition) is 1. The summed E-state index contributed by atoms with van der Waals surface area (Å²) in [6.45, 7) is 1.79. The van der Waals surface area contributed by atoms with E-state index >= 15 is 0 Å². The molecule has 4 nitrogen and oxygen atoms in total. The predicted molar refractivity (Wildman–Crippen MR) is 84.8 cm³/mol. The van der Waals surface area contributed by atoms with Gasteiger partial charge in [0.2, 0.25) is 0 Å². The molecule has 0 bridgehead atoms. The number of aryl methyl sites for hydroxylation is 1. The lowest BCUT2D eigenvalue weighted by molar-refractivity contribution is -0.118. The van der Waals surface area contributed by atoms with E-state index in [1.807, 2.05) is 25.1 Å². The maximum Gasteiger partial charge on any atom is 0.262 e. The molecule has 0 atom stereocenters. The molecule has 2 aromatic rings. The van der Waals surface area contributed by atoms with Gasteiger partial charge in [0, 0.05) is 10.2 Å². The van der Waals surface area contributed by atoms with Crippen molar-refractivity contribution >= 4 is 33.8 Å². The van der Waals surface area contributed by atoms with Gasteiger partial charge >= 0.3 is 0 Å². The minimum absolute atomic E-state index is 0.156. The van der Waals surface area contributed by atoms with Crippen LogP contribution in [0.15, 0.2) is 46.9 Å². The molecule has 5 heteroatoms. The highest BCUT2D eigenvalue weighted by Gasteiger charge is 2.07. The molecule has 21 heavy (non-hydrogen) atoms. The summed E-state index contributed by atoms with van der Waals surface area (Å²) in [5.41, 5.74) is 2.17. The third-order valence-electron chi connectivity index (χ3n) is 2.76. The Morgan fingerprint density at radius 3 is 2.81 bits per heavy atom. The Morgan fingerprint density at radius 1 is 1.29 bits per heavy atom. The molecule has 0 aliphatic rings. The van der Waals surface area contributed by atoms with Crippen LogP contribution in [0.1, 0.15) is 15.9 Å². The van der Waals surface area contributed by atoms with Crippen molar-refractivity contribution in [1.29, 1.82) is 0 Å². The molecule has 0 aliphatic carbocycles. The lowest BCUT2D eigenvalue weighted by Crippen LogP contribution is -2.20. The summed E-state index contributed by atoms with van der Waals surface area (Å²) in [7, 11) is 0. The van der Waals surface area contributed by atoms with Crippen molar-refractivity contribution in [3.8, 4) is 5.75 Å². The van der Waals surface area contributed by atoms with Crippen LogP contribution in [0.2, 0.25) is 0 Å². The van der Waals surface area contributed by atoms with Gasteiger partial charge in [0.05, 0.1) is 5.56 Å². The summed E-state index contributed by atoms with van der Waals surface area (Å²) in [4.78, 5) is 22.8. The van der Waals surface area contributed by atoms with Crippen LogP contribution in [-0.4, -0.2) is 18.8 Å². The molecule has 0 aromatic heterocycles. The Morgan fingerprint density at radius 2 is 2.10 bits per heavy atom. The SMILES string of the molecule is Cc1cccc(NC(=O)COc2ccc(Br)cc2C=O)c1. The summed E-state index contributed by atoms with van der Waals surface area (Å²) < 4.78 is 6.16. The van der Waals surface area contributed by atoms with E-state index in [1.54, 1.807) is 24.3 Å². The Hall–Kier alpha value is -2.14. The molecule has 0 saturated carbocycles. The number of nitrogens with one attached hydrogen (secondary N) is 1. The first kappa shape index (κ1) is 15.3. The van der Waals surface area contributed by atoms with Crippen LogP contribution in [0.4, 0.5) is 5.69 Å². The molecule has 2 aromatic carbocycles. The summed E-state index contributed by atoms with van der Waals surface area (Å²) in [5, 5.41) is 2.74. The van der Waals surface area contributed by atoms with E-state index in [0.717, 1.165) is 15.7 Å². The zero-order valence-corrected chi connectivity index (χ0v) is 13.0. The van der Waals surface area contributed by atoms with E-state index in [4.69, 9.17) is 4.74 Å². The Bertz CT molecular complexity index is 670. The van der Waals surface area contributed by atoms with Crippen molar-refractivity contribution in [1.82, 2.24) is 0 Å². The number of halogens is 1. The Balaban J connectivity index is 1.97. The number of amides is 1. The van der Waals surface area contributed by atoms with Gasteiger partial charge in [-0.25, -0.2) is 0 Å². The van der Waals surface area contributed by atoms with E-state index in [-0.39, 0.29) is 12.5 Å². The summed E-state index contributed by atoms with van der Waals surface area (Å²) in [6, 6.07) is 12.5. The molecule has 0 heterocycles. The normalized spacial score (nSPS) is 10.0. The Kier molecular flexibility index (Phi) is 5.11. The average Bonchev–Trinajstić information content (AvgIpc) is 2.45. The number of hydrogen-bond acceptors (Lipinski definition) is 3. The van der Waals surface area contributed by atoms with Crippen molar-refractivity contribution in [3.05, 3.63) is 58.1 Å². The van der Waals surface area contributed by atoms with Crippen molar-refractivity contribution in [3.63, 3.8) is 0 Å². The molecule has 0 aliphatic heterocycles. The molecule has 2 rings (SSSR count). The first-order valence-corrected chi connectivity index (χ1v) is 7.12. The summed E-state index contributed by atoms with van der Waals surface area (Å²) >= 11 is 3.27. The second-order valence-corrected chi connectivity index (χ2v) is 5.42. The fourth-order valence-electron chi connectivity index (χ4n) is 1.81. The lowest BCUT2D eigenvalue weighted by atomic mass is 10.2. The van der Waals surface area contributed by atoms with Gasteiger partial charge < -0.3 is 10.1 Å². The van der Waals surface area contributed by atoms with Crippen molar-refractivity contribution in [2.75, 3.05) is 11.9 Å². The first-order chi connectivity index (χ1) is 10.1. The molecule has 0 fully saturated rings. The number of anilines is 1. The summed E-state index contributed by atoms with van der Waals surface area (Å²) in [6.07, 6.45) is 0.693. The first-order valence-electron chi connectivity index (χ1n) is 6.32.